The zero-order valence-electron chi connectivity index (χ0n) is 14.3. The molecule has 0 aliphatic carbocycles. The minimum atomic E-state index is 0.392. The van der Waals surface area contributed by atoms with Crippen molar-refractivity contribution in [3.05, 3.63) is 30.1 Å². The van der Waals surface area contributed by atoms with Crippen molar-refractivity contribution < 1.29 is 4.74 Å². The lowest BCUT2D eigenvalue weighted by Gasteiger charge is -2.23. The predicted molar refractivity (Wildman–Crippen MR) is 97.9 cm³/mol. The third-order valence-electron chi connectivity index (χ3n) is 4.73. The number of fused-ring (bicyclic) bond motifs is 1. The zero-order valence-corrected chi connectivity index (χ0v) is 14.3. The summed E-state index contributed by atoms with van der Waals surface area (Å²) in [5.41, 5.74) is 15.1. The van der Waals surface area contributed by atoms with E-state index in [2.05, 4.69) is 14.5 Å². The van der Waals surface area contributed by atoms with Crippen LogP contribution < -0.4 is 11.5 Å². The van der Waals surface area contributed by atoms with E-state index in [1.54, 1.807) is 12.1 Å². The molecule has 25 heavy (non-hydrogen) atoms. The van der Waals surface area contributed by atoms with E-state index >= 15 is 0 Å². The fraction of sp³-hybridized carbons (Fsp3) is 0.389. The molecule has 0 atom stereocenters. The molecule has 7 heteroatoms. The van der Waals surface area contributed by atoms with Gasteiger partial charge in [-0.25, -0.2) is 15.0 Å². The number of nitrogens with zero attached hydrogens (tertiary/aromatic N) is 4. The minimum Gasteiger partial charge on any atom is -0.384 e. The molecule has 4 rings (SSSR count). The maximum atomic E-state index is 5.82. The Hall–Kier alpha value is -2.67. The number of rotatable bonds is 3. The lowest BCUT2D eigenvalue weighted by atomic mass is 10.0. The van der Waals surface area contributed by atoms with Gasteiger partial charge in [-0.2, -0.15) is 0 Å². The van der Waals surface area contributed by atoms with Crippen LogP contribution in [0.5, 0.6) is 0 Å². The molecule has 0 aromatic carbocycles. The van der Waals surface area contributed by atoms with Crippen LogP contribution >= 0.6 is 0 Å². The van der Waals surface area contributed by atoms with Crippen LogP contribution in [-0.2, 0) is 11.3 Å². The molecule has 1 saturated heterocycles. The number of imidazole rings is 1. The van der Waals surface area contributed by atoms with Gasteiger partial charge in [0.15, 0.2) is 5.65 Å². The van der Waals surface area contributed by atoms with Crippen LogP contribution in [0.1, 0.15) is 18.7 Å². The van der Waals surface area contributed by atoms with E-state index in [0.29, 0.717) is 17.6 Å². The first-order valence-corrected chi connectivity index (χ1v) is 8.55. The summed E-state index contributed by atoms with van der Waals surface area (Å²) >= 11 is 0. The number of ether oxygens (including phenoxy) is 1. The SMILES string of the molecule is Cc1nc2ccc(-c3cc(N)nc(N)c3)nc2n1CC1CCOCC1. The van der Waals surface area contributed by atoms with Crippen molar-refractivity contribution >= 4 is 22.8 Å². The number of nitrogen functional groups attached to an aromatic ring is 2. The quantitative estimate of drug-likeness (QED) is 0.760. The summed E-state index contributed by atoms with van der Waals surface area (Å²) in [5.74, 6) is 2.37. The molecule has 0 saturated carbocycles. The highest BCUT2D eigenvalue weighted by Gasteiger charge is 2.18. The summed E-state index contributed by atoms with van der Waals surface area (Å²) in [7, 11) is 0. The maximum Gasteiger partial charge on any atom is 0.160 e. The number of nitrogens with two attached hydrogens (primary N) is 2. The minimum absolute atomic E-state index is 0.392. The first-order valence-electron chi connectivity index (χ1n) is 8.55. The topological polar surface area (TPSA) is 105 Å². The Morgan fingerprint density at radius 1 is 1.08 bits per heavy atom. The molecule has 3 aromatic rings. The summed E-state index contributed by atoms with van der Waals surface area (Å²) in [6.45, 7) is 4.63. The smallest absolute Gasteiger partial charge is 0.160 e. The van der Waals surface area contributed by atoms with Gasteiger partial charge in [0.25, 0.3) is 0 Å². The third kappa shape index (κ3) is 3.15. The van der Waals surface area contributed by atoms with E-state index in [1.165, 1.54) is 0 Å². The Morgan fingerprint density at radius 2 is 1.80 bits per heavy atom. The van der Waals surface area contributed by atoms with Gasteiger partial charge in [-0.15, -0.1) is 0 Å². The van der Waals surface area contributed by atoms with Crippen molar-refractivity contribution in [1.29, 1.82) is 0 Å². The molecule has 1 aliphatic rings. The first kappa shape index (κ1) is 15.8. The molecule has 1 aliphatic heterocycles. The summed E-state index contributed by atoms with van der Waals surface area (Å²) in [5, 5.41) is 0. The average molecular weight is 338 g/mol. The second kappa shape index (κ2) is 6.33. The van der Waals surface area contributed by atoms with Gasteiger partial charge in [0, 0.05) is 25.3 Å². The Labute approximate surface area is 146 Å². The molecule has 4 N–H and O–H groups in total. The standard InChI is InChI=1S/C18H22N6O/c1-11-21-15-3-2-14(13-8-16(19)23-17(20)9-13)22-18(15)24(11)10-12-4-6-25-7-5-12/h2-3,8-9,12H,4-7,10H2,1H3,(H4,19,20,23). The Balaban J connectivity index is 1.74. The van der Waals surface area contributed by atoms with E-state index in [9.17, 15) is 0 Å². The van der Waals surface area contributed by atoms with Crippen LogP contribution in [-0.4, -0.2) is 32.7 Å². The summed E-state index contributed by atoms with van der Waals surface area (Å²) in [4.78, 5) is 13.5. The molecule has 0 spiro atoms. The molecule has 4 heterocycles. The Morgan fingerprint density at radius 3 is 2.52 bits per heavy atom. The van der Waals surface area contributed by atoms with Crippen molar-refractivity contribution in [2.45, 2.75) is 26.3 Å². The normalized spacial score (nSPS) is 15.7. The highest BCUT2D eigenvalue weighted by Crippen LogP contribution is 2.26. The van der Waals surface area contributed by atoms with Crippen molar-refractivity contribution in [2.75, 3.05) is 24.7 Å². The monoisotopic (exact) mass is 338 g/mol. The molecule has 0 radical (unpaired) electrons. The van der Waals surface area contributed by atoms with Crippen molar-refractivity contribution in [2.24, 2.45) is 5.92 Å². The molecule has 130 valence electrons. The van der Waals surface area contributed by atoms with Gasteiger partial charge in [0.1, 0.15) is 23.0 Å². The molecule has 3 aromatic heterocycles. The molecule has 1 fully saturated rings. The highest BCUT2D eigenvalue weighted by atomic mass is 16.5. The second-order valence-electron chi connectivity index (χ2n) is 6.57. The summed E-state index contributed by atoms with van der Waals surface area (Å²) in [6.07, 6.45) is 2.16. The van der Waals surface area contributed by atoms with Crippen molar-refractivity contribution in [3.63, 3.8) is 0 Å². The lowest BCUT2D eigenvalue weighted by Crippen LogP contribution is -2.21. The molecular weight excluding hydrogens is 316 g/mol. The molecule has 0 unspecified atom stereocenters. The van der Waals surface area contributed by atoms with Crippen molar-refractivity contribution in [3.8, 4) is 11.3 Å². The predicted octanol–water partition coefficient (Wildman–Crippen LogP) is 2.39. The molecule has 0 bridgehead atoms. The van der Waals surface area contributed by atoms with Crippen molar-refractivity contribution in [1.82, 2.24) is 19.5 Å². The molecule has 0 amide bonds. The zero-order chi connectivity index (χ0) is 17.4. The summed E-state index contributed by atoms with van der Waals surface area (Å²) in [6, 6.07) is 7.52. The number of aryl methyl sites for hydroxylation is 1. The van der Waals surface area contributed by atoms with Gasteiger partial charge in [-0.05, 0) is 49.9 Å². The Bertz CT molecular complexity index is 893. The number of hydrogen-bond donors (Lipinski definition) is 2. The summed E-state index contributed by atoms with van der Waals surface area (Å²) < 4.78 is 7.68. The van der Waals surface area contributed by atoms with Gasteiger partial charge >= 0.3 is 0 Å². The first-order chi connectivity index (χ1) is 12.1. The van der Waals surface area contributed by atoms with Crippen LogP contribution in [0.2, 0.25) is 0 Å². The van der Waals surface area contributed by atoms with E-state index in [0.717, 1.165) is 60.8 Å². The number of pyridine rings is 2. The van der Waals surface area contributed by atoms with E-state index in [1.807, 2.05) is 19.1 Å². The van der Waals surface area contributed by atoms with Gasteiger partial charge in [0.2, 0.25) is 0 Å². The number of aromatic nitrogens is 4. The van der Waals surface area contributed by atoms with E-state index in [-0.39, 0.29) is 0 Å². The average Bonchev–Trinajstić information content (AvgIpc) is 2.90. The Kier molecular flexibility index (Phi) is 4.01. The number of hydrogen-bond acceptors (Lipinski definition) is 6. The van der Waals surface area contributed by atoms with Gasteiger partial charge < -0.3 is 20.8 Å². The van der Waals surface area contributed by atoms with Gasteiger partial charge in [-0.1, -0.05) is 0 Å². The molecular formula is C18H22N6O. The van der Waals surface area contributed by atoms with E-state index in [4.69, 9.17) is 21.2 Å². The fourth-order valence-electron chi connectivity index (χ4n) is 3.40. The third-order valence-corrected chi connectivity index (χ3v) is 4.73. The fourth-order valence-corrected chi connectivity index (χ4v) is 3.40. The van der Waals surface area contributed by atoms with Gasteiger partial charge in [0.05, 0.1) is 5.69 Å². The lowest BCUT2D eigenvalue weighted by molar-refractivity contribution is 0.0614. The molecule has 7 nitrogen and oxygen atoms in total. The maximum absolute atomic E-state index is 5.82. The van der Waals surface area contributed by atoms with E-state index < -0.39 is 0 Å². The second-order valence-corrected chi connectivity index (χ2v) is 6.57. The van der Waals surface area contributed by atoms with Crippen LogP contribution in [0, 0.1) is 12.8 Å². The largest absolute Gasteiger partial charge is 0.384 e. The van der Waals surface area contributed by atoms with Gasteiger partial charge in [-0.3, -0.25) is 0 Å². The van der Waals surface area contributed by atoms with Crippen LogP contribution in [0.4, 0.5) is 11.6 Å². The van der Waals surface area contributed by atoms with Crippen LogP contribution in [0.15, 0.2) is 24.3 Å². The highest BCUT2D eigenvalue weighted by molar-refractivity contribution is 5.77. The van der Waals surface area contributed by atoms with Crippen LogP contribution in [0.3, 0.4) is 0 Å². The number of anilines is 2. The van der Waals surface area contributed by atoms with Crippen LogP contribution in [0.25, 0.3) is 22.4 Å².